The lowest BCUT2D eigenvalue weighted by molar-refractivity contribution is -0.150. The monoisotopic (exact) mass is 459 g/mol. The Morgan fingerprint density at radius 1 is 1.20 bits per heavy atom. The van der Waals surface area contributed by atoms with Crippen LogP contribution in [0.25, 0.3) is 0 Å². The molecule has 1 aliphatic heterocycles. The number of aliphatic carboxylic acids is 1. The molecular weight excluding hydrogens is 438 g/mol. The third-order valence-corrected chi connectivity index (χ3v) is 6.34. The van der Waals surface area contributed by atoms with Gasteiger partial charge in [-0.1, -0.05) is 47.5 Å². The Morgan fingerprint density at radius 3 is 2.50 bits per heavy atom. The first kappa shape index (κ1) is 22.9. The van der Waals surface area contributed by atoms with Gasteiger partial charge in [-0.25, -0.2) is 0 Å². The Hall–Kier alpha value is -1.76. The molecule has 30 heavy (non-hydrogen) atoms. The minimum Gasteiger partial charge on any atom is -0.481 e. The number of carboxylic acids is 1. The van der Waals surface area contributed by atoms with E-state index in [1.54, 1.807) is 25.1 Å². The van der Waals surface area contributed by atoms with E-state index in [-0.39, 0.29) is 12.0 Å². The van der Waals surface area contributed by atoms with Crippen molar-refractivity contribution in [3.8, 4) is 0 Å². The predicted molar refractivity (Wildman–Crippen MR) is 111 cm³/mol. The first-order chi connectivity index (χ1) is 14.0. The van der Waals surface area contributed by atoms with Gasteiger partial charge in [0, 0.05) is 23.1 Å². The normalized spacial score (nSPS) is 18.5. The molecule has 8 heteroatoms. The SMILES string of the molecule is Cc1cc([C@H](Cc2ccc(Cl)c(CN3CC[C@@H](C(=O)O)C3)c2)C(F)(F)F)ccc1Cl. The summed E-state index contributed by atoms with van der Waals surface area (Å²) in [6.07, 6.45) is -4.07. The van der Waals surface area contributed by atoms with E-state index in [0.29, 0.717) is 52.8 Å². The van der Waals surface area contributed by atoms with Crippen molar-refractivity contribution in [1.82, 2.24) is 4.90 Å². The Morgan fingerprint density at radius 2 is 1.90 bits per heavy atom. The second-order valence-corrected chi connectivity index (χ2v) is 8.61. The van der Waals surface area contributed by atoms with E-state index in [1.807, 2.05) is 4.90 Å². The number of alkyl halides is 3. The minimum absolute atomic E-state index is 0.171. The number of carboxylic acid groups (broad SMARTS) is 1. The van der Waals surface area contributed by atoms with Crippen LogP contribution in [0.15, 0.2) is 36.4 Å². The third-order valence-electron chi connectivity index (χ3n) is 5.55. The molecule has 1 saturated heterocycles. The molecule has 0 amide bonds. The second kappa shape index (κ2) is 9.16. The summed E-state index contributed by atoms with van der Waals surface area (Å²) in [4.78, 5) is 13.1. The number of rotatable bonds is 6. The molecule has 1 N–H and O–H groups in total. The highest BCUT2D eigenvalue weighted by Crippen LogP contribution is 2.39. The van der Waals surface area contributed by atoms with Crippen LogP contribution in [0, 0.1) is 12.8 Å². The number of aryl methyl sites for hydroxylation is 1. The second-order valence-electron chi connectivity index (χ2n) is 7.79. The van der Waals surface area contributed by atoms with E-state index < -0.39 is 24.0 Å². The highest BCUT2D eigenvalue weighted by Gasteiger charge is 2.40. The number of nitrogens with zero attached hydrogens (tertiary/aromatic N) is 1. The molecule has 0 unspecified atom stereocenters. The summed E-state index contributed by atoms with van der Waals surface area (Å²) in [6, 6.07) is 9.30. The standard InChI is InChI=1S/C22H22Cl2F3NO2/c1-13-8-15(3-5-19(13)23)18(22(25,26)27)10-14-2-4-20(24)17(9-14)12-28-7-6-16(11-28)21(29)30/h2-5,8-9,16,18H,6-7,10-12H2,1H3,(H,29,30)/t16-,18+/m1/s1. The third kappa shape index (κ3) is 5.48. The number of hydrogen-bond donors (Lipinski definition) is 1. The zero-order valence-corrected chi connectivity index (χ0v) is 17.9. The van der Waals surface area contributed by atoms with Crippen molar-refractivity contribution in [3.05, 3.63) is 68.7 Å². The molecule has 2 aromatic carbocycles. The van der Waals surface area contributed by atoms with Gasteiger partial charge in [-0.05, 0) is 60.7 Å². The van der Waals surface area contributed by atoms with Crippen LogP contribution in [0.2, 0.25) is 10.0 Å². The Bertz CT molecular complexity index is 933. The van der Waals surface area contributed by atoms with Gasteiger partial charge in [0.25, 0.3) is 0 Å². The van der Waals surface area contributed by atoms with Gasteiger partial charge < -0.3 is 5.11 Å². The van der Waals surface area contributed by atoms with Crippen molar-refractivity contribution < 1.29 is 23.1 Å². The Labute approximate surface area is 183 Å². The number of hydrogen-bond acceptors (Lipinski definition) is 2. The molecule has 0 aromatic heterocycles. The quantitative estimate of drug-likeness (QED) is 0.567. The van der Waals surface area contributed by atoms with Gasteiger partial charge in [0.2, 0.25) is 0 Å². The van der Waals surface area contributed by atoms with E-state index in [2.05, 4.69) is 0 Å². The van der Waals surface area contributed by atoms with Crippen LogP contribution in [0.5, 0.6) is 0 Å². The average Bonchev–Trinajstić information content (AvgIpc) is 3.12. The maximum Gasteiger partial charge on any atom is 0.396 e. The molecule has 1 aliphatic rings. The van der Waals surface area contributed by atoms with Crippen LogP contribution in [0.1, 0.15) is 34.6 Å². The molecule has 2 aromatic rings. The van der Waals surface area contributed by atoms with Crippen LogP contribution in [0.4, 0.5) is 13.2 Å². The van der Waals surface area contributed by atoms with Crippen LogP contribution in [-0.4, -0.2) is 35.2 Å². The molecule has 1 heterocycles. The van der Waals surface area contributed by atoms with Crippen LogP contribution < -0.4 is 0 Å². The summed E-state index contributed by atoms with van der Waals surface area (Å²) in [5, 5.41) is 10.0. The van der Waals surface area contributed by atoms with Crippen LogP contribution in [0.3, 0.4) is 0 Å². The number of benzene rings is 2. The Kier molecular flexibility index (Phi) is 7.00. The molecule has 0 spiro atoms. The molecule has 0 aliphatic carbocycles. The van der Waals surface area contributed by atoms with Gasteiger partial charge in [0.1, 0.15) is 0 Å². The van der Waals surface area contributed by atoms with Crippen molar-refractivity contribution in [2.75, 3.05) is 13.1 Å². The van der Waals surface area contributed by atoms with E-state index in [1.165, 1.54) is 18.2 Å². The lowest BCUT2D eigenvalue weighted by Gasteiger charge is -2.22. The number of carbonyl (C=O) groups is 1. The van der Waals surface area contributed by atoms with Gasteiger partial charge in [0.15, 0.2) is 0 Å². The largest absolute Gasteiger partial charge is 0.481 e. The molecule has 0 saturated carbocycles. The maximum absolute atomic E-state index is 13.8. The van der Waals surface area contributed by atoms with Crippen LogP contribution >= 0.6 is 23.2 Å². The van der Waals surface area contributed by atoms with Gasteiger partial charge >= 0.3 is 12.1 Å². The molecule has 0 radical (unpaired) electrons. The van der Waals surface area contributed by atoms with Crippen molar-refractivity contribution in [2.45, 2.75) is 38.4 Å². The first-order valence-electron chi connectivity index (χ1n) is 9.60. The summed E-state index contributed by atoms with van der Waals surface area (Å²) in [5.74, 6) is -2.91. The number of likely N-dealkylation sites (tertiary alicyclic amines) is 1. The molecule has 1 fully saturated rings. The van der Waals surface area contributed by atoms with Gasteiger partial charge in [-0.15, -0.1) is 0 Å². The van der Waals surface area contributed by atoms with Gasteiger partial charge in [0.05, 0.1) is 11.8 Å². The molecule has 0 bridgehead atoms. The summed E-state index contributed by atoms with van der Waals surface area (Å²) < 4.78 is 41.5. The molecule has 3 rings (SSSR count). The fraction of sp³-hybridized carbons (Fsp3) is 0.409. The fourth-order valence-electron chi connectivity index (χ4n) is 3.84. The first-order valence-corrected chi connectivity index (χ1v) is 10.4. The van der Waals surface area contributed by atoms with Gasteiger partial charge in [-0.3, -0.25) is 9.69 Å². The minimum atomic E-state index is -4.41. The van der Waals surface area contributed by atoms with Crippen molar-refractivity contribution in [3.63, 3.8) is 0 Å². The average molecular weight is 460 g/mol. The van der Waals surface area contributed by atoms with Crippen molar-refractivity contribution >= 4 is 29.2 Å². The van der Waals surface area contributed by atoms with E-state index in [0.717, 1.165) is 0 Å². The highest BCUT2D eigenvalue weighted by molar-refractivity contribution is 6.31. The molecule has 2 atom stereocenters. The molecule has 3 nitrogen and oxygen atoms in total. The number of halogens is 5. The summed E-state index contributed by atoms with van der Waals surface area (Å²) in [5.41, 5.74) is 2.00. The van der Waals surface area contributed by atoms with E-state index in [4.69, 9.17) is 28.3 Å². The van der Waals surface area contributed by atoms with Crippen molar-refractivity contribution in [2.24, 2.45) is 5.92 Å². The van der Waals surface area contributed by atoms with Crippen molar-refractivity contribution in [1.29, 1.82) is 0 Å². The highest BCUT2D eigenvalue weighted by atomic mass is 35.5. The van der Waals surface area contributed by atoms with Crippen LogP contribution in [-0.2, 0) is 17.8 Å². The van der Waals surface area contributed by atoms with E-state index >= 15 is 0 Å². The van der Waals surface area contributed by atoms with E-state index in [9.17, 15) is 18.0 Å². The fourth-order valence-corrected chi connectivity index (χ4v) is 4.13. The summed E-state index contributed by atoms with van der Waals surface area (Å²) in [6.45, 7) is 3.12. The topological polar surface area (TPSA) is 40.5 Å². The lowest BCUT2D eigenvalue weighted by Crippen LogP contribution is -2.24. The zero-order chi connectivity index (χ0) is 22.1. The smallest absolute Gasteiger partial charge is 0.396 e. The summed E-state index contributed by atoms with van der Waals surface area (Å²) >= 11 is 12.2. The van der Waals surface area contributed by atoms with Gasteiger partial charge in [-0.2, -0.15) is 13.2 Å². The predicted octanol–water partition coefficient (Wildman–Crippen LogP) is 6.10. The Balaban J connectivity index is 1.81. The molecular formula is C22H22Cl2F3NO2. The molecule has 162 valence electrons. The summed E-state index contributed by atoms with van der Waals surface area (Å²) in [7, 11) is 0. The lowest BCUT2D eigenvalue weighted by atomic mass is 9.90. The zero-order valence-electron chi connectivity index (χ0n) is 16.3. The maximum atomic E-state index is 13.8.